The Morgan fingerprint density at radius 3 is 2.44 bits per heavy atom. The third-order valence-corrected chi connectivity index (χ3v) is 5.43. The van der Waals surface area contributed by atoms with E-state index in [1.807, 2.05) is 0 Å². The first-order chi connectivity index (χ1) is 16.0. The van der Waals surface area contributed by atoms with Crippen molar-refractivity contribution in [2.45, 2.75) is 44.9 Å². The zero-order valence-electron chi connectivity index (χ0n) is 20.3. The first-order valence-corrected chi connectivity index (χ1v) is 11.0. The first kappa shape index (κ1) is 24.9. The molecular formula is C25H31N3O6. The average molecular weight is 470 g/mol. The molecule has 182 valence electrons. The molecule has 0 aliphatic carbocycles. The van der Waals surface area contributed by atoms with Crippen LogP contribution in [0.2, 0.25) is 0 Å². The molecule has 0 spiro atoms. The summed E-state index contributed by atoms with van der Waals surface area (Å²) < 4.78 is 16.0. The van der Waals surface area contributed by atoms with Crippen LogP contribution in [-0.4, -0.2) is 44.5 Å². The predicted molar refractivity (Wildman–Crippen MR) is 127 cm³/mol. The molecule has 34 heavy (non-hydrogen) atoms. The topological polar surface area (TPSA) is 106 Å². The van der Waals surface area contributed by atoms with Gasteiger partial charge in [0.1, 0.15) is 11.4 Å². The number of carbonyl (C=O) groups is 3. The Balaban J connectivity index is 2.24. The van der Waals surface area contributed by atoms with Crippen LogP contribution < -0.4 is 20.3 Å². The van der Waals surface area contributed by atoms with Gasteiger partial charge in [0.15, 0.2) is 5.54 Å². The minimum atomic E-state index is -1.71. The van der Waals surface area contributed by atoms with E-state index in [2.05, 4.69) is 10.6 Å². The van der Waals surface area contributed by atoms with Crippen LogP contribution in [0.1, 0.15) is 44.9 Å². The Hall–Kier alpha value is -3.75. The molecule has 0 saturated heterocycles. The molecule has 9 heteroatoms. The lowest BCUT2D eigenvalue weighted by Gasteiger charge is -2.37. The van der Waals surface area contributed by atoms with Gasteiger partial charge in [0.2, 0.25) is 0 Å². The second-order valence-electron chi connectivity index (χ2n) is 8.89. The summed E-state index contributed by atoms with van der Waals surface area (Å²) in [6, 6.07) is 13.0. The molecule has 2 N–H and O–H groups in total. The van der Waals surface area contributed by atoms with E-state index < -0.39 is 35.3 Å². The van der Waals surface area contributed by atoms with Gasteiger partial charge in [-0.15, -0.1) is 0 Å². The van der Waals surface area contributed by atoms with Crippen LogP contribution in [0, 0.1) is 0 Å². The molecule has 0 aromatic heterocycles. The van der Waals surface area contributed by atoms with Crippen molar-refractivity contribution in [1.29, 1.82) is 0 Å². The van der Waals surface area contributed by atoms with E-state index in [1.165, 1.54) is 12.0 Å². The molecule has 1 heterocycles. The highest BCUT2D eigenvalue weighted by Gasteiger charge is 2.57. The van der Waals surface area contributed by atoms with Crippen LogP contribution in [0.15, 0.2) is 48.5 Å². The molecule has 0 bridgehead atoms. The van der Waals surface area contributed by atoms with Crippen molar-refractivity contribution in [1.82, 2.24) is 10.6 Å². The van der Waals surface area contributed by atoms with Gasteiger partial charge in [0.05, 0.1) is 19.8 Å². The fraction of sp³-hybridized carbons (Fsp3) is 0.400. The standard InChI is InChI=1S/C25H31N3O6/c1-7-33-23(31)27-25(18-13-8-9-14-19(18)28(5)21(25)29)20(26-22(30)34-24(2,3)4)16-11-10-12-17(15-16)32-6/h8-15,20H,7H2,1-6H3,(H,26,30)(H,27,31)/t20-,25?/m0/s1. The number of likely N-dealkylation sites (N-methyl/N-ethyl adjacent to an activating group) is 1. The lowest BCUT2D eigenvalue weighted by Crippen LogP contribution is -2.60. The van der Waals surface area contributed by atoms with Gasteiger partial charge in [-0.2, -0.15) is 0 Å². The second-order valence-corrected chi connectivity index (χ2v) is 8.89. The number of fused-ring (bicyclic) bond motifs is 1. The number of hydrogen-bond acceptors (Lipinski definition) is 6. The number of methoxy groups -OCH3 is 1. The van der Waals surface area contributed by atoms with Crippen LogP contribution in [0.25, 0.3) is 0 Å². The number of ether oxygens (including phenoxy) is 3. The summed E-state index contributed by atoms with van der Waals surface area (Å²) in [6.07, 6.45) is -1.54. The van der Waals surface area contributed by atoms with Crippen molar-refractivity contribution in [3.8, 4) is 5.75 Å². The SMILES string of the molecule is CCOC(=O)NC1([C@@H](NC(=O)OC(C)(C)C)c2cccc(OC)c2)C(=O)N(C)c2ccccc21. The van der Waals surface area contributed by atoms with Crippen molar-refractivity contribution in [3.05, 3.63) is 59.7 Å². The van der Waals surface area contributed by atoms with Crippen molar-refractivity contribution >= 4 is 23.8 Å². The summed E-state index contributed by atoms with van der Waals surface area (Å²) in [5.41, 5.74) is -0.844. The zero-order valence-corrected chi connectivity index (χ0v) is 20.3. The van der Waals surface area contributed by atoms with Gasteiger partial charge >= 0.3 is 12.2 Å². The number of rotatable bonds is 6. The molecule has 2 aromatic rings. The molecule has 1 aliphatic rings. The van der Waals surface area contributed by atoms with Crippen molar-refractivity contribution in [2.75, 3.05) is 25.7 Å². The maximum absolute atomic E-state index is 13.9. The lowest BCUT2D eigenvalue weighted by molar-refractivity contribution is -0.125. The molecule has 3 rings (SSSR count). The fourth-order valence-corrected chi connectivity index (χ4v) is 4.08. The molecule has 9 nitrogen and oxygen atoms in total. The van der Waals surface area contributed by atoms with E-state index in [0.29, 0.717) is 22.6 Å². The van der Waals surface area contributed by atoms with E-state index >= 15 is 0 Å². The van der Waals surface area contributed by atoms with Gasteiger partial charge in [-0.3, -0.25) is 4.79 Å². The third kappa shape index (κ3) is 4.78. The highest BCUT2D eigenvalue weighted by atomic mass is 16.6. The van der Waals surface area contributed by atoms with Crippen LogP contribution in [-0.2, 0) is 19.8 Å². The predicted octanol–water partition coefficient (Wildman–Crippen LogP) is 3.88. The minimum Gasteiger partial charge on any atom is -0.497 e. The van der Waals surface area contributed by atoms with E-state index in [-0.39, 0.29) is 6.61 Å². The number of anilines is 1. The number of hydrogen-bond donors (Lipinski definition) is 2. The summed E-state index contributed by atoms with van der Waals surface area (Å²) in [4.78, 5) is 41.1. The summed E-state index contributed by atoms with van der Waals surface area (Å²) in [5, 5.41) is 5.60. The molecule has 3 amide bonds. The largest absolute Gasteiger partial charge is 0.497 e. The van der Waals surface area contributed by atoms with E-state index in [1.54, 1.807) is 83.3 Å². The lowest BCUT2D eigenvalue weighted by atomic mass is 9.80. The number of amides is 3. The van der Waals surface area contributed by atoms with Crippen LogP contribution in [0.4, 0.5) is 15.3 Å². The van der Waals surface area contributed by atoms with Gasteiger partial charge in [0, 0.05) is 18.3 Å². The third-order valence-electron chi connectivity index (χ3n) is 5.43. The molecule has 0 saturated carbocycles. The highest BCUT2D eigenvalue weighted by Crippen LogP contribution is 2.47. The number of nitrogens with one attached hydrogen (secondary N) is 2. The zero-order chi connectivity index (χ0) is 25.1. The molecule has 1 unspecified atom stereocenters. The highest BCUT2D eigenvalue weighted by molar-refractivity contribution is 6.09. The molecule has 2 atom stereocenters. The number of para-hydroxylation sites is 1. The summed E-state index contributed by atoms with van der Waals surface area (Å²) >= 11 is 0. The molecule has 0 radical (unpaired) electrons. The Bertz CT molecular complexity index is 1080. The normalized spacial score (nSPS) is 18.1. The average Bonchev–Trinajstić information content (AvgIpc) is 2.99. The molecule has 0 fully saturated rings. The van der Waals surface area contributed by atoms with Crippen molar-refractivity contribution in [2.24, 2.45) is 0 Å². The Morgan fingerprint density at radius 2 is 1.79 bits per heavy atom. The Morgan fingerprint density at radius 1 is 1.09 bits per heavy atom. The second kappa shape index (κ2) is 9.62. The van der Waals surface area contributed by atoms with Gasteiger partial charge in [-0.1, -0.05) is 30.3 Å². The number of alkyl carbamates (subject to hydrolysis) is 2. The quantitative estimate of drug-likeness (QED) is 0.665. The van der Waals surface area contributed by atoms with E-state index in [0.717, 1.165) is 0 Å². The van der Waals surface area contributed by atoms with Gasteiger partial charge in [-0.25, -0.2) is 9.59 Å². The van der Waals surface area contributed by atoms with Crippen molar-refractivity contribution in [3.63, 3.8) is 0 Å². The number of benzene rings is 2. The summed E-state index contributed by atoms with van der Waals surface area (Å²) in [5.74, 6) is 0.0810. The minimum absolute atomic E-state index is 0.108. The first-order valence-electron chi connectivity index (χ1n) is 11.0. The Kier molecular flexibility index (Phi) is 7.04. The summed E-state index contributed by atoms with van der Waals surface area (Å²) in [7, 11) is 3.14. The van der Waals surface area contributed by atoms with Gasteiger partial charge < -0.3 is 29.7 Å². The van der Waals surface area contributed by atoms with Gasteiger partial charge in [0.25, 0.3) is 5.91 Å². The van der Waals surface area contributed by atoms with Crippen LogP contribution >= 0.6 is 0 Å². The molecule has 1 aliphatic heterocycles. The smallest absolute Gasteiger partial charge is 0.408 e. The Labute approximate surface area is 199 Å². The maximum Gasteiger partial charge on any atom is 0.408 e. The number of carbonyl (C=O) groups excluding carboxylic acids is 3. The molecule has 2 aromatic carbocycles. The van der Waals surface area contributed by atoms with Crippen LogP contribution in [0.5, 0.6) is 5.75 Å². The number of nitrogens with zero attached hydrogens (tertiary/aromatic N) is 1. The maximum atomic E-state index is 13.9. The fourth-order valence-electron chi connectivity index (χ4n) is 4.08. The monoisotopic (exact) mass is 469 g/mol. The van der Waals surface area contributed by atoms with Gasteiger partial charge in [-0.05, 0) is 51.5 Å². The van der Waals surface area contributed by atoms with Crippen molar-refractivity contribution < 1.29 is 28.6 Å². The van der Waals surface area contributed by atoms with Crippen LogP contribution in [0.3, 0.4) is 0 Å². The van der Waals surface area contributed by atoms with E-state index in [4.69, 9.17) is 14.2 Å². The summed E-state index contributed by atoms with van der Waals surface area (Å²) in [6.45, 7) is 6.99. The van der Waals surface area contributed by atoms with E-state index in [9.17, 15) is 14.4 Å². The molecular weight excluding hydrogens is 438 g/mol.